The van der Waals surface area contributed by atoms with Crippen LogP contribution >= 0.6 is 0 Å². The number of phenols is 3. The largest absolute Gasteiger partial charge is 0.508 e. The third-order valence-corrected chi connectivity index (χ3v) is 4.03. The summed E-state index contributed by atoms with van der Waals surface area (Å²) in [5.74, 6) is 0.0782. The SMILES string of the molecule is CO[C@H]1c2ccc(O)cc2OC[C@@]1(O)Cc1ccc(O)c(O)c1. The molecule has 0 saturated heterocycles. The number of hydrogen-bond donors (Lipinski definition) is 4. The van der Waals surface area contributed by atoms with Crippen LogP contribution in [-0.2, 0) is 11.2 Å². The molecule has 0 bridgehead atoms. The molecule has 0 unspecified atom stereocenters. The van der Waals surface area contributed by atoms with Gasteiger partial charge in [-0.1, -0.05) is 6.07 Å². The number of hydrogen-bond acceptors (Lipinski definition) is 6. The standard InChI is InChI=1S/C17H18O6/c1-22-16-12-4-3-11(18)7-15(12)23-9-17(16,21)8-10-2-5-13(19)14(20)6-10/h2-7,16,18-21H,8-9H2,1H3/t16-,17-/m0/s1. The van der Waals surface area contributed by atoms with Gasteiger partial charge in [-0.05, 0) is 29.8 Å². The van der Waals surface area contributed by atoms with Crippen molar-refractivity contribution in [1.29, 1.82) is 0 Å². The molecular formula is C17H18O6. The number of fused-ring (bicyclic) bond motifs is 1. The van der Waals surface area contributed by atoms with Crippen molar-refractivity contribution in [1.82, 2.24) is 0 Å². The fourth-order valence-corrected chi connectivity index (χ4v) is 2.96. The van der Waals surface area contributed by atoms with Gasteiger partial charge < -0.3 is 29.9 Å². The quantitative estimate of drug-likeness (QED) is 0.645. The first-order chi connectivity index (χ1) is 10.9. The predicted octanol–water partition coefficient (Wildman–Crippen LogP) is 1.86. The van der Waals surface area contributed by atoms with Crippen LogP contribution in [0.15, 0.2) is 36.4 Å². The molecule has 0 saturated carbocycles. The highest BCUT2D eigenvalue weighted by molar-refractivity contribution is 5.45. The van der Waals surface area contributed by atoms with Gasteiger partial charge in [0.05, 0.1) is 0 Å². The lowest BCUT2D eigenvalue weighted by molar-refractivity contribution is -0.129. The van der Waals surface area contributed by atoms with Gasteiger partial charge in [0, 0.05) is 25.2 Å². The molecule has 2 aromatic carbocycles. The molecule has 0 amide bonds. The van der Waals surface area contributed by atoms with E-state index in [1.807, 2.05) is 0 Å². The highest BCUT2D eigenvalue weighted by Gasteiger charge is 2.44. The molecule has 0 aliphatic carbocycles. The number of methoxy groups -OCH3 is 1. The van der Waals surface area contributed by atoms with Crippen molar-refractivity contribution in [3.63, 3.8) is 0 Å². The molecule has 2 aromatic rings. The molecule has 23 heavy (non-hydrogen) atoms. The Bertz CT molecular complexity index is 729. The minimum Gasteiger partial charge on any atom is -0.508 e. The van der Waals surface area contributed by atoms with E-state index in [4.69, 9.17) is 9.47 Å². The lowest BCUT2D eigenvalue weighted by atomic mass is 9.83. The maximum atomic E-state index is 11.0. The van der Waals surface area contributed by atoms with E-state index >= 15 is 0 Å². The summed E-state index contributed by atoms with van der Waals surface area (Å²) in [6.45, 7) is -0.0242. The van der Waals surface area contributed by atoms with Crippen LogP contribution in [0.25, 0.3) is 0 Å². The van der Waals surface area contributed by atoms with E-state index in [9.17, 15) is 20.4 Å². The van der Waals surface area contributed by atoms with Gasteiger partial charge in [0.1, 0.15) is 29.8 Å². The van der Waals surface area contributed by atoms with Crippen molar-refractivity contribution in [2.75, 3.05) is 13.7 Å². The smallest absolute Gasteiger partial charge is 0.157 e. The highest BCUT2D eigenvalue weighted by Crippen LogP contribution is 2.43. The predicted molar refractivity (Wildman–Crippen MR) is 81.8 cm³/mol. The highest BCUT2D eigenvalue weighted by atomic mass is 16.5. The minimum absolute atomic E-state index is 0.0242. The van der Waals surface area contributed by atoms with Crippen LogP contribution in [-0.4, -0.2) is 39.7 Å². The Hall–Kier alpha value is -2.44. The van der Waals surface area contributed by atoms with Crippen LogP contribution in [0.5, 0.6) is 23.0 Å². The Balaban J connectivity index is 1.94. The molecule has 6 heteroatoms. The summed E-state index contributed by atoms with van der Waals surface area (Å²) in [5.41, 5.74) is -0.0694. The summed E-state index contributed by atoms with van der Waals surface area (Å²) >= 11 is 0. The van der Waals surface area contributed by atoms with E-state index in [1.54, 1.807) is 12.1 Å². The fraction of sp³-hybridized carbons (Fsp3) is 0.294. The van der Waals surface area contributed by atoms with Crippen molar-refractivity contribution in [2.45, 2.75) is 18.1 Å². The fourth-order valence-electron chi connectivity index (χ4n) is 2.96. The maximum absolute atomic E-state index is 11.0. The second-order valence-corrected chi connectivity index (χ2v) is 5.73. The average Bonchev–Trinajstić information content (AvgIpc) is 2.51. The molecule has 0 radical (unpaired) electrons. The molecule has 3 rings (SSSR count). The zero-order valence-corrected chi connectivity index (χ0v) is 12.6. The zero-order valence-electron chi connectivity index (χ0n) is 12.6. The molecule has 0 spiro atoms. The zero-order chi connectivity index (χ0) is 16.6. The Morgan fingerprint density at radius 2 is 1.91 bits per heavy atom. The Morgan fingerprint density at radius 1 is 1.13 bits per heavy atom. The van der Waals surface area contributed by atoms with Crippen molar-refractivity contribution in [2.24, 2.45) is 0 Å². The third-order valence-electron chi connectivity index (χ3n) is 4.03. The maximum Gasteiger partial charge on any atom is 0.157 e. The summed E-state index contributed by atoms with van der Waals surface area (Å²) in [7, 11) is 1.49. The first kappa shape index (κ1) is 15.5. The molecular weight excluding hydrogens is 300 g/mol. The van der Waals surface area contributed by atoms with Gasteiger partial charge in [-0.2, -0.15) is 0 Å². The molecule has 0 aromatic heterocycles. The Kier molecular flexibility index (Phi) is 3.79. The first-order valence-corrected chi connectivity index (χ1v) is 7.15. The molecule has 1 aliphatic heterocycles. The Morgan fingerprint density at radius 3 is 2.61 bits per heavy atom. The van der Waals surface area contributed by atoms with Crippen LogP contribution in [0.2, 0.25) is 0 Å². The van der Waals surface area contributed by atoms with Crippen LogP contribution in [0.3, 0.4) is 0 Å². The van der Waals surface area contributed by atoms with Gasteiger partial charge in [-0.25, -0.2) is 0 Å². The average molecular weight is 318 g/mol. The number of ether oxygens (including phenoxy) is 2. The lowest BCUT2D eigenvalue weighted by Crippen LogP contribution is -2.48. The molecule has 122 valence electrons. The number of phenolic OH excluding ortho intramolecular Hbond substituents is 3. The van der Waals surface area contributed by atoms with E-state index in [-0.39, 0.29) is 30.3 Å². The van der Waals surface area contributed by atoms with Crippen molar-refractivity contribution in [3.05, 3.63) is 47.5 Å². The van der Waals surface area contributed by atoms with Crippen molar-refractivity contribution < 1.29 is 29.9 Å². The van der Waals surface area contributed by atoms with Gasteiger partial charge >= 0.3 is 0 Å². The van der Waals surface area contributed by atoms with E-state index in [0.717, 1.165) is 0 Å². The van der Waals surface area contributed by atoms with Crippen LogP contribution < -0.4 is 4.74 Å². The summed E-state index contributed by atoms with van der Waals surface area (Å²) < 4.78 is 11.1. The molecule has 4 N–H and O–H groups in total. The molecule has 0 fully saturated rings. The number of rotatable bonds is 3. The van der Waals surface area contributed by atoms with Crippen LogP contribution in [0.1, 0.15) is 17.2 Å². The van der Waals surface area contributed by atoms with E-state index in [0.29, 0.717) is 16.9 Å². The van der Waals surface area contributed by atoms with Gasteiger partial charge in [0.2, 0.25) is 0 Å². The van der Waals surface area contributed by atoms with Crippen LogP contribution in [0, 0.1) is 0 Å². The second-order valence-electron chi connectivity index (χ2n) is 5.73. The normalized spacial score (nSPS) is 23.1. The number of aliphatic hydroxyl groups is 1. The summed E-state index contributed by atoms with van der Waals surface area (Å²) in [4.78, 5) is 0. The summed E-state index contributed by atoms with van der Waals surface area (Å²) in [6, 6.07) is 9.01. The topological polar surface area (TPSA) is 99.4 Å². The molecule has 1 heterocycles. The van der Waals surface area contributed by atoms with E-state index in [1.165, 1.54) is 31.4 Å². The van der Waals surface area contributed by atoms with E-state index in [2.05, 4.69) is 0 Å². The second kappa shape index (κ2) is 5.64. The van der Waals surface area contributed by atoms with Gasteiger partial charge in [0.15, 0.2) is 11.5 Å². The lowest BCUT2D eigenvalue weighted by Gasteiger charge is -2.40. The third kappa shape index (κ3) is 2.78. The molecule has 1 aliphatic rings. The number of aromatic hydroxyl groups is 3. The van der Waals surface area contributed by atoms with Crippen LogP contribution in [0.4, 0.5) is 0 Å². The minimum atomic E-state index is -1.35. The monoisotopic (exact) mass is 318 g/mol. The van der Waals surface area contributed by atoms with Gasteiger partial charge in [-0.15, -0.1) is 0 Å². The first-order valence-electron chi connectivity index (χ1n) is 7.15. The van der Waals surface area contributed by atoms with Crippen molar-refractivity contribution >= 4 is 0 Å². The summed E-state index contributed by atoms with van der Waals surface area (Å²) in [5, 5.41) is 39.5. The van der Waals surface area contributed by atoms with Gasteiger partial charge in [-0.3, -0.25) is 0 Å². The van der Waals surface area contributed by atoms with Crippen molar-refractivity contribution in [3.8, 4) is 23.0 Å². The summed E-state index contributed by atoms with van der Waals surface area (Å²) in [6.07, 6.45) is -0.484. The van der Waals surface area contributed by atoms with E-state index < -0.39 is 11.7 Å². The van der Waals surface area contributed by atoms with Gasteiger partial charge in [0.25, 0.3) is 0 Å². The Labute approximate surface area is 133 Å². The number of benzene rings is 2. The molecule has 6 nitrogen and oxygen atoms in total. The molecule has 2 atom stereocenters.